The highest BCUT2D eigenvalue weighted by molar-refractivity contribution is 9.10. The average molecular weight is 439 g/mol. The van der Waals surface area contributed by atoms with Gasteiger partial charge in [-0.3, -0.25) is 14.0 Å². The number of fused-ring (bicyclic) bond motifs is 1. The Bertz CT molecular complexity index is 1310. The number of hydrogen-bond donors (Lipinski definition) is 0. The predicted molar refractivity (Wildman–Crippen MR) is 113 cm³/mol. The van der Waals surface area contributed by atoms with Crippen LogP contribution in [0.2, 0.25) is 0 Å². The van der Waals surface area contributed by atoms with E-state index in [0.717, 1.165) is 15.6 Å². The second-order valence-corrected chi connectivity index (χ2v) is 8.16. The molecule has 0 aliphatic carbocycles. The summed E-state index contributed by atoms with van der Waals surface area (Å²) in [5, 5.41) is 0. The molecule has 0 saturated carbocycles. The molecule has 0 unspecified atom stereocenters. The molecular weight excluding hydrogens is 424 g/mol. The summed E-state index contributed by atoms with van der Waals surface area (Å²) in [6, 6.07) is 17.4. The molecule has 4 nitrogen and oxygen atoms in total. The lowest BCUT2D eigenvalue weighted by Crippen LogP contribution is -2.27. The van der Waals surface area contributed by atoms with Crippen LogP contribution < -0.4 is 15.7 Å². The van der Waals surface area contributed by atoms with Gasteiger partial charge in [0.1, 0.15) is 0 Å². The normalized spacial score (nSPS) is 12.0. The Hall–Kier alpha value is -2.57. The molecular formula is C21H15BrN2O2S. The number of aryl methyl sites for hydroxylation is 1. The van der Waals surface area contributed by atoms with E-state index < -0.39 is 0 Å². The van der Waals surface area contributed by atoms with E-state index in [1.54, 1.807) is 4.40 Å². The maximum absolute atomic E-state index is 12.9. The zero-order valence-electron chi connectivity index (χ0n) is 14.5. The third-order valence-corrected chi connectivity index (χ3v) is 5.87. The lowest BCUT2D eigenvalue weighted by molar-refractivity contribution is 0.940. The molecule has 0 N–H and O–H groups in total. The van der Waals surface area contributed by atoms with Gasteiger partial charge in [-0.2, -0.15) is 4.98 Å². The molecule has 0 radical (unpaired) electrons. The third-order valence-electron chi connectivity index (χ3n) is 4.40. The van der Waals surface area contributed by atoms with Crippen LogP contribution in [0.5, 0.6) is 0 Å². The Labute approximate surface area is 167 Å². The largest absolute Gasteiger partial charge is 0.277 e. The molecule has 2 heterocycles. The summed E-state index contributed by atoms with van der Waals surface area (Å²) in [6.45, 7) is 1.81. The highest BCUT2D eigenvalue weighted by Crippen LogP contribution is 2.13. The molecule has 0 saturated heterocycles. The molecule has 4 rings (SSSR count). The highest BCUT2D eigenvalue weighted by Gasteiger charge is 2.14. The standard InChI is InChI=1S/C21H15BrN2O2S/c1-13-17(11-14-6-3-2-4-7-14)19(25)23-21-24(13)20(26)18(27-21)12-15-8-5-9-16(22)10-15/h2-10,12H,11H2,1H3. The van der Waals surface area contributed by atoms with Gasteiger partial charge in [-0.15, -0.1) is 0 Å². The molecule has 0 spiro atoms. The smallest absolute Gasteiger partial charge is 0.267 e. The highest BCUT2D eigenvalue weighted by atomic mass is 79.9. The molecule has 0 amide bonds. The van der Waals surface area contributed by atoms with Gasteiger partial charge in [0, 0.05) is 22.2 Å². The fourth-order valence-electron chi connectivity index (χ4n) is 3.04. The summed E-state index contributed by atoms with van der Waals surface area (Å²) in [5.41, 5.74) is 2.73. The number of benzene rings is 2. The first kappa shape index (κ1) is 17.8. The molecule has 0 fully saturated rings. The second kappa shape index (κ2) is 7.21. The fourth-order valence-corrected chi connectivity index (χ4v) is 4.47. The van der Waals surface area contributed by atoms with Crippen LogP contribution in [-0.4, -0.2) is 9.38 Å². The Morgan fingerprint density at radius 2 is 1.89 bits per heavy atom. The van der Waals surface area contributed by atoms with E-state index >= 15 is 0 Å². The summed E-state index contributed by atoms with van der Waals surface area (Å²) < 4.78 is 3.05. The van der Waals surface area contributed by atoms with E-state index in [4.69, 9.17) is 0 Å². The van der Waals surface area contributed by atoms with E-state index in [-0.39, 0.29) is 11.1 Å². The average Bonchev–Trinajstić information content (AvgIpc) is 2.95. The lowest BCUT2D eigenvalue weighted by Gasteiger charge is -2.06. The molecule has 0 bridgehead atoms. The van der Waals surface area contributed by atoms with Gasteiger partial charge in [-0.1, -0.05) is 69.7 Å². The summed E-state index contributed by atoms with van der Waals surface area (Å²) in [4.78, 5) is 30.1. The van der Waals surface area contributed by atoms with Crippen molar-refractivity contribution < 1.29 is 0 Å². The maximum atomic E-state index is 12.9. The van der Waals surface area contributed by atoms with Crippen LogP contribution in [0, 0.1) is 6.92 Å². The Kier molecular flexibility index (Phi) is 4.76. The van der Waals surface area contributed by atoms with Gasteiger partial charge < -0.3 is 0 Å². The van der Waals surface area contributed by atoms with Gasteiger partial charge in [-0.05, 0) is 36.3 Å². The summed E-state index contributed by atoms with van der Waals surface area (Å²) in [7, 11) is 0. The minimum Gasteiger partial charge on any atom is -0.267 e. The minimum atomic E-state index is -0.272. The van der Waals surface area contributed by atoms with Crippen LogP contribution in [-0.2, 0) is 6.42 Å². The molecule has 0 atom stereocenters. The van der Waals surface area contributed by atoms with E-state index in [2.05, 4.69) is 20.9 Å². The molecule has 2 aromatic carbocycles. The fraction of sp³-hybridized carbons (Fsp3) is 0.0952. The number of halogens is 1. The van der Waals surface area contributed by atoms with E-state index in [1.165, 1.54) is 11.3 Å². The summed E-state index contributed by atoms with van der Waals surface area (Å²) in [6.07, 6.45) is 2.29. The van der Waals surface area contributed by atoms with E-state index in [9.17, 15) is 9.59 Å². The number of nitrogens with zero attached hydrogens (tertiary/aromatic N) is 2. The number of rotatable bonds is 3. The van der Waals surface area contributed by atoms with Crippen molar-refractivity contribution in [3.63, 3.8) is 0 Å². The van der Waals surface area contributed by atoms with Crippen LogP contribution in [0.25, 0.3) is 11.0 Å². The molecule has 2 aromatic heterocycles. The first-order valence-corrected chi connectivity index (χ1v) is 10.00. The van der Waals surface area contributed by atoms with Crippen molar-refractivity contribution in [2.45, 2.75) is 13.3 Å². The molecule has 6 heteroatoms. The van der Waals surface area contributed by atoms with Gasteiger partial charge >= 0.3 is 0 Å². The van der Waals surface area contributed by atoms with Gasteiger partial charge in [0.25, 0.3) is 11.1 Å². The van der Waals surface area contributed by atoms with Crippen molar-refractivity contribution in [1.82, 2.24) is 9.38 Å². The Morgan fingerprint density at radius 3 is 2.63 bits per heavy atom. The van der Waals surface area contributed by atoms with Crippen LogP contribution in [0.1, 0.15) is 22.4 Å². The Morgan fingerprint density at radius 1 is 1.11 bits per heavy atom. The minimum absolute atomic E-state index is 0.144. The molecule has 0 aliphatic heterocycles. The van der Waals surface area contributed by atoms with Gasteiger partial charge in [-0.25, -0.2) is 0 Å². The first-order chi connectivity index (χ1) is 13.0. The van der Waals surface area contributed by atoms with Crippen molar-refractivity contribution in [3.8, 4) is 0 Å². The zero-order valence-corrected chi connectivity index (χ0v) is 16.9. The SMILES string of the molecule is Cc1c(Cc2ccccc2)c(=O)nc2sc(=Cc3cccc(Br)c3)c(=O)n12. The van der Waals surface area contributed by atoms with Gasteiger partial charge in [0.2, 0.25) is 4.96 Å². The van der Waals surface area contributed by atoms with Gasteiger partial charge in [0.05, 0.1) is 4.53 Å². The van der Waals surface area contributed by atoms with Crippen LogP contribution in [0.15, 0.2) is 68.7 Å². The number of hydrogen-bond acceptors (Lipinski definition) is 4. The quantitative estimate of drug-likeness (QED) is 0.492. The first-order valence-electron chi connectivity index (χ1n) is 8.39. The summed E-state index contributed by atoms with van der Waals surface area (Å²) in [5.74, 6) is 0. The van der Waals surface area contributed by atoms with Crippen molar-refractivity contribution >= 4 is 38.3 Å². The van der Waals surface area contributed by atoms with Crippen LogP contribution >= 0.6 is 27.3 Å². The lowest BCUT2D eigenvalue weighted by atomic mass is 10.1. The van der Waals surface area contributed by atoms with Crippen LogP contribution in [0.3, 0.4) is 0 Å². The number of thiazole rings is 1. The van der Waals surface area contributed by atoms with Crippen molar-refractivity contribution in [3.05, 3.63) is 107 Å². The predicted octanol–water partition coefficient (Wildman–Crippen LogP) is 3.33. The molecule has 4 aromatic rings. The zero-order chi connectivity index (χ0) is 19.0. The Balaban J connectivity index is 1.90. The van der Waals surface area contributed by atoms with E-state index in [0.29, 0.717) is 27.2 Å². The topological polar surface area (TPSA) is 51.4 Å². The van der Waals surface area contributed by atoms with Crippen molar-refractivity contribution in [2.75, 3.05) is 0 Å². The second-order valence-electron chi connectivity index (χ2n) is 6.23. The van der Waals surface area contributed by atoms with Gasteiger partial charge in [0.15, 0.2) is 0 Å². The molecule has 0 aliphatic rings. The van der Waals surface area contributed by atoms with E-state index in [1.807, 2.05) is 67.6 Å². The maximum Gasteiger partial charge on any atom is 0.277 e. The monoisotopic (exact) mass is 438 g/mol. The van der Waals surface area contributed by atoms with Crippen molar-refractivity contribution in [2.24, 2.45) is 0 Å². The molecule has 27 heavy (non-hydrogen) atoms. The third kappa shape index (κ3) is 3.50. The summed E-state index contributed by atoms with van der Waals surface area (Å²) >= 11 is 4.67. The molecule has 134 valence electrons. The van der Waals surface area contributed by atoms with Crippen LogP contribution in [0.4, 0.5) is 0 Å². The number of aromatic nitrogens is 2. The van der Waals surface area contributed by atoms with Crippen molar-refractivity contribution in [1.29, 1.82) is 0 Å².